The Morgan fingerprint density at radius 3 is 2.85 bits per heavy atom. The Kier molecular flexibility index (Phi) is 6.38. The Morgan fingerprint density at radius 2 is 2.19 bits per heavy atom. The van der Waals surface area contributed by atoms with Gasteiger partial charge in [0.05, 0.1) is 22.3 Å². The van der Waals surface area contributed by atoms with Gasteiger partial charge in [0.25, 0.3) is 0 Å². The monoisotopic (exact) mass is 395 g/mol. The fraction of sp³-hybridized carbons (Fsp3) is 0.368. The molecular weight excluding hydrogens is 377 g/mol. The number of hydrogen-bond donors (Lipinski definition) is 1. The van der Waals surface area contributed by atoms with Crippen LogP contribution in [0.15, 0.2) is 35.4 Å². The molecule has 2 aromatic rings. The van der Waals surface area contributed by atoms with Gasteiger partial charge in [0.1, 0.15) is 0 Å². The van der Waals surface area contributed by atoms with E-state index in [2.05, 4.69) is 4.98 Å². The first-order chi connectivity index (χ1) is 12.5. The lowest BCUT2D eigenvalue weighted by atomic mass is 10.0. The van der Waals surface area contributed by atoms with E-state index in [4.69, 9.17) is 21.4 Å². The van der Waals surface area contributed by atoms with Crippen molar-refractivity contribution in [2.45, 2.75) is 42.4 Å². The fourth-order valence-electron chi connectivity index (χ4n) is 2.54. The second kappa shape index (κ2) is 8.73. The summed E-state index contributed by atoms with van der Waals surface area (Å²) in [5.41, 5.74) is 1.24. The predicted octanol–water partition coefficient (Wildman–Crippen LogP) is 5.43. The molecular formula is C19H19ClFNO3S. The quantitative estimate of drug-likeness (QED) is 0.604. The average Bonchev–Trinajstić information content (AvgIpc) is 2.56. The smallest absolute Gasteiger partial charge is 0.303 e. The number of carboxylic acid groups (broad SMARTS) is 1. The Hall–Kier alpha value is -1.79. The molecule has 1 aliphatic carbocycles. The van der Waals surface area contributed by atoms with Crippen LogP contribution < -0.4 is 4.74 Å². The third kappa shape index (κ3) is 4.89. The zero-order valence-electron chi connectivity index (χ0n) is 14.1. The summed E-state index contributed by atoms with van der Waals surface area (Å²) in [6.45, 7) is 0.0913. The second-order valence-corrected chi connectivity index (χ2v) is 7.87. The number of thioether (sulfide) groups is 1. The Balaban J connectivity index is 1.72. The van der Waals surface area contributed by atoms with Crippen molar-refractivity contribution >= 4 is 29.3 Å². The van der Waals surface area contributed by atoms with E-state index in [1.165, 1.54) is 25.3 Å². The maximum Gasteiger partial charge on any atom is 0.303 e. The molecule has 1 aliphatic rings. The first kappa shape index (κ1) is 19.0. The molecule has 1 heterocycles. The predicted molar refractivity (Wildman–Crippen MR) is 101 cm³/mol. The van der Waals surface area contributed by atoms with E-state index in [9.17, 15) is 9.18 Å². The van der Waals surface area contributed by atoms with Crippen molar-refractivity contribution in [3.8, 4) is 17.0 Å². The van der Waals surface area contributed by atoms with Crippen LogP contribution in [-0.4, -0.2) is 27.9 Å². The lowest BCUT2D eigenvalue weighted by Gasteiger charge is -2.24. The van der Waals surface area contributed by atoms with Gasteiger partial charge in [-0.15, -0.1) is 11.8 Å². The number of halogens is 2. The minimum atomic E-state index is -0.916. The third-order valence-electron chi connectivity index (χ3n) is 4.14. The number of benzene rings is 1. The molecule has 0 amide bonds. The van der Waals surface area contributed by atoms with E-state index in [1.54, 1.807) is 17.8 Å². The van der Waals surface area contributed by atoms with Gasteiger partial charge in [0.2, 0.25) is 0 Å². The number of ether oxygens (including phenoxy) is 1. The van der Waals surface area contributed by atoms with Crippen molar-refractivity contribution in [1.29, 1.82) is 0 Å². The van der Waals surface area contributed by atoms with E-state index in [1.807, 2.05) is 18.2 Å². The van der Waals surface area contributed by atoms with Gasteiger partial charge in [-0.3, -0.25) is 4.79 Å². The molecule has 0 saturated heterocycles. The van der Waals surface area contributed by atoms with Crippen molar-refractivity contribution in [1.82, 2.24) is 4.98 Å². The zero-order valence-corrected chi connectivity index (χ0v) is 15.7. The second-order valence-electron chi connectivity index (χ2n) is 6.15. The molecule has 0 radical (unpaired) electrons. The molecule has 7 heteroatoms. The lowest BCUT2D eigenvalue weighted by molar-refractivity contribution is -0.137. The van der Waals surface area contributed by atoms with Crippen LogP contribution in [0.4, 0.5) is 4.39 Å². The van der Waals surface area contributed by atoms with Crippen LogP contribution in [0.1, 0.15) is 32.1 Å². The number of hydrogen-bond acceptors (Lipinski definition) is 4. The Morgan fingerprint density at radius 1 is 1.38 bits per heavy atom. The summed E-state index contributed by atoms with van der Waals surface area (Å²) in [4.78, 5) is 15.1. The maximum absolute atomic E-state index is 14.4. The number of carbonyl (C=O) groups is 1. The molecule has 0 atom stereocenters. The molecule has 0 spiro atoms. The van der Waals surface area contributed by atoms with Crippen LogP contribution in [-0.2, 0) is 4.79 Å². The van der Waals surface area contributed by atoms with Gasteiger partial charge >= 0.3 is 5.97 Å². The lowest BCUT2D eigenvalue weighted by Crippen LogP contribution is -2.12. The van der Waals surface area contributed by atoms with E-state index in [0.29, 0.717) is 16.5 Å². The summed E-state index contributed by atoms with van der Waals surface area (Å²) in [5.74, 6) is -1.55. The van der Waals surface area contributed by atoms with Gasteiger partial charge in [0.15, 0.2) is 11.6 Å². The average molecular weight is 396 g/mol. The van der Waals surface area contributed by atoms with Gasteiger partial charge in [-0.25, -0.2) is 9.37 Å². The van der Waals surface area contributed by atoms with Crippen LogP contribution in [0.3, 0.4) is 0 Å². The summed E-state index contributed by atoms with van der Waals surface area (Å²) >= 11 is 7.92. The summed E-state index contributed by atoms with van der Waals surface area (Å²) in [6, 6.07) is 8.66. The van der Waals surface area contributed by atoms with Crippen molar-refractivity contribution in [2.75, 3.05) is 6.61 Å². The van der Waals surface area contributed by atoms with Crippen molar-refractivity contribution in [3.63, 3.8) is 0 Å². The number of rotatable bonds is 8. The first-order valence-corrected chi connectivity index (χ1v) is 9.76. The normalized spacial score (nSPS) is 14.1. The highest BCUT2D eigenvalue weighted by atomic mass is 35.5. The topological polar surface area (TPSA) is 59.4 Å². The Bertz CT molecular complexity index is 775. The first-order valence-electron chi connectivity index (χ1n) is 8.50. The van der Waals surface area contributed by atoms with Crippen LogP contribution in [0, 0.1) is 5.82 Å². The van der Waals surface area contributed by atoms with Crippen LogP contribution in [0.5, 0.6) is 5.75 Å². The fourth-order valence-corrected chi connectivity index (χ4v) is 4.03. The van der Waals surface area contributed by atoms with Gasteiger partial charge < -0.3 is 9.84 Å². The van der Waals surface area contributed by atoms with Crippen molar-refractivity contribution in [3.05, 3.63) is 41.2 Å². The maximum atomic E-state index is 14.4. The number of aliphatic carboxylic acids is 1. The molecule has 138 valence electrons. The van der Waals surface area contributed by atoms with E-state index >= 15 is 0 Å². The van der Waals surface area contributed by atoms with E-state index in [0.717, 1.165) is 5.03 Å². The highest BCUT2D eigenvalue weighted by molar-refractivity contribution is 7.99. The molecule has 0 unspecified atom stereocenters. The summed E-state index contributed by atoms with van der Waals surface area (Å²) in [5, 5.41) is 10.3. The molecule has 0 aliphatic heterocycles. The van der Waals surface area contributed by atoms with Crippen molar-refractivity contribution < 1.29 is 19.0 Å². The van der Waals surface area contributed by atoms with E-state index in [-0.39, 0.29) is 30.2 Å². The minimum absolute atomic E-state index is 0.0350. The van der Waals surface area contributed by atoms with Gasteiger partial charge in [-0.05, 0) is 43.5 Å². The molecule has 1 fully saturated rings. The van der Waals surface area contributed by atoms with Gasteiger partial charge in [-0.1, -0.05) is 24.1 Å². The third-order valence-corrected chi connectivity index (χ3v) is 5.69. The highest BCUT2D eigenvalue weighted by Crippen LogP contribution is 2.37. The molecule has 1 N–H and O–H groups in total. The van der Waals surface area contributed by atoms with Crippen LogP contribution in [0.25, 0.3) is 11.3 Å². The number of pyridine rings is 1. The van der Waals surface area contributed by atoms with Crippen LogP contribution in [0.2, 0.25) is 5.02 Å². The van der Waals surface area contributed by atoms with E-state index < -0.39 is 11.8 Å². The zero-order chi connectivity index (χ0) is 18.5. The number of nitrogens with zero attached hydrogens (tertiary/aromatic N) is 1. The molecule has 1 aromatic heterocycles. The summed E-state index contributed by atoms with van der Waals surface area (Å²) in [7, 11) is 0. The molecule has 4 nitrogen and oxygen atoms in total. The molecule has 0 bridgehead atoms. The molecule has 3 rings (SSSR count). The number of carboxylic acids is 1. The molecule has 1 aromatic carbocycles. The van der Waals surface area contributed by atoms with Gasteiger partial charge in [-0.2, -0.15) is 0 Å². The van der Waals surface area contributed by atoms with Crippen LogP contribution >= 0.6 is 23.4 Å². The Labute approximate surface area is 160 Å². The largest absolute Gasteiger partial charge is 0.489 e. The minimum Gasteiger partial charge on any atom is -0.489 e. The molecule has 1 saturated carbocycles. The standard InChI is InChI=1S/C19H19ClFNO3S/c20-14-10-12(11-15(21)19(14)25-9-3-8-18(23)24)16-6-2-7-17(22-16)26-13-4-1-5-13/h2,6-7,10-11,13H,1,3-5,8-9H2,(H,23,24). The molecule has 26 heavy (non-hydrogen) atoms. The highest BCUT2D eigenvalue weighted by Gasteiger charge is 2.19. The summed E-state index contributed by atoms with van der Waals surface area (Å²) in [6.07, 6.45) is 3.95. The SMILES string of the molecule is O=C(O)CCCOc1c(F)cc(-c2cccc(SC3CCC3)n2)cc1Cl. The van der Waals surface area contributed by atoms with Crippen molar-refractivity contribution in [2.24, 2.45) is 0 Å². The van der Waals surface area contributed by atoms with Gasteiger partial charge in [0, 0.05) is 17.2 Å². The number of aromatic nitrogens is 1. The summed E-state index contributed by atoms with van der Waals surface area (Å²) < 4.78 is 19.7.